The maximum absolute atomic E-state index is 11.6. The summed E-state index contributed by atoms with van der Waals surface area (Å²) >= 11 is 0. The number of azo groups is 1. The molecule has 0 aromatic rings. The van der Waals surface area contributed by atoms with Gasteiger partial charge in [-0.25, -0.2) is 10.1 Å². The van der Waals surface area contributed by atoms with Gasteiger partial charge in [0.15, 0.2) is 0 Å². The first kappa shape index (κ1) is 12.2. The number of nitrogens with zero attached hydrogens (tertiary/aromatic N) is 4. The Hall–Kier alpha value is -2.26. The molecule has 0 bridgehead atoms. The third kappa shape index (κ3) is 3.12. The molecule has 0 aromatic heterocycles. The summed E-state index contributed by atoms with van der Waals surface area (Å²) in [7, 11) is 0. The van der Waals surface area contributed by atoms with E-state index >= 15 is 0 Å². The Morgan fingerprint density at radius 1 is 1.61 bits per heavy atom. The van der Waals surface area contributed by atoms with Crippen LogP contribution in [0.15, 0.2) is 39.5 Å². The van der Waals surface area contributed by atoms with Crippen molar-refractivity contribution in [1.29, 1.82) is 0 Å². The van der Waals surface area contributed by atoms with E-state index in [2.05, 4.69) is 25.9 Å². The Kier molecular flexibility index (Phi) is 3.65. The number of β-amino-alcohol motifs (C(OH)–C–C–N with tert-alkyl or cyclic N) is 1. The Morgan fingerprint density at radius 2 is 2.44 bits per heavy atom. The summed E-state index contributed by atoms with van der Waals surface area (Å²) in [4.78, 5) is 15.4. The van der Waals surface area contributed by atoms with Gasteiger partial charge in [-0.15, -0.1) is 10.2 Å². The van der Waals surface area contributed by atoms with E-state index in [0.717, 1.165) is 5.06 Å². The summed E-state index contributed by atoms with van der Waals surface area (Å²) < 4.78 is 0. The van der Waals surface area contributed by atoms with Crippen LogP contribution >= 0.6 is 0 Å². The maximum atomic E-state index is 11.6. The molecule has 96 valence electrons. The highest BCUT2D eigenvalue weighted by molar-refractivity contribution is 5.94. The second kappa shape index (κ2) is 5.38. The monoisotopic (exact) mass is 252 g/mol. The minimum Gasteiger partial charge on any atom is -0.389 e. The highest BCUT2D eigenvalue weighted by Crippen LogP contribution is 2.02. The molecule has 0 fully saturated rings. The van der Waals surface area contributed by atoms with Crippen LogP contribution < -0.4 is 10.6 Å². The van der Waals surface area contributed by atoms with Crippen molar-refractivity contribution in [2.75, 3.05) is 13.1 Å². The van der Waals surface area contributed by atoms with Crippen molar-refractivity contribution < 1.29 is 15.1 Å². The molecular weight excluding hydrogens is 240 g/mol. The van der Waals surface area contributed by atoms with Gasteiger partial charge in [0.05, 0.1) is 18.8 Å². The highest BCUT2D eigenvalue weighted by Gasteiger charge is 2.14. The molecule has 9 nitrogen and oxygen atoms in total. The largest absolute Gasteiger partial charge is 0.389 e. The smallest absolute Gasteiger partial charge is 0.313 e. The second-order valence-corrected chi connectivity index (χ2v) is 3.59. The van der Waals surface area contributed by atoms with Gasteiger partial charge in [-0.2, -0.15) is 0 Å². The summed E-state index contributed by atoms with van der Waals surface area (Å²) in [6, 6.07) is 0. The van der Waals surface area contributed by atoms with Crippen molar-refractivity contribution in [2.24, 2.45) is 15.2 Å². The predicted molar refractivity (Wildman–Crippen MR) is 60.2 cm³/mol. The summed E-state index contributed by atoms with van der Waals surface area (Å²) in [5.74, 6) is -0.449. The van der Waals surface area contributed by atoms with E-state index in [-0.39, 0.29) is 18.2 Å². The zero-order chi connectivity index (χ0) is 13.0. The van der Waals surface area contributed by atoms with E-state index in [4.69, 9.17) is 10.3 Å². The zero-order valence-corrected chi connectivity index (χ0v) is 9.32. The summed E-state index contributed by atoms with van der Waals surface area (Å²) in [5.41, 5.74) is 0.0835. The lowest BCUT2D eigenvalue weighted by molar-refractivity contribution is -0.115. The average Bonchev–Trinajstić information content (AvgIpc) is 2.38. The van der Waals surface area contributed by atoms with E-state index in [1.165, 1.54) is 18.6 Å². The molecule has 0 aromatic carbocycles. The summed E-state index contributed by atoms with van der Waals surface area (Å²) in [6.07, 6.45) is 3.33. The number of carbonyl (C=O) groups excluding carboxylic acids is 1. The number of hydrogen-bond donors (Lipinski definition) is 4. The van der Waals surface area contributed by atoms with Crippen LogP contribution in [0.3, 0.4) is 0 Å². The fraction of sp³-hybridized carbons (Fsp3) is 0.333. The molecule has 2 rings (SSSR count). The number of aliphatic hydroxyl groups is 1. The molecule has 1 amide bonds. The average molecular weight is 252 g/mol. The molecule has 2 aliphatic rings. The summed E-state index contributed by atoms with van der Waals surface area (Å²) in [6.45, 7) is 0.545. The molecule has 0 saturated carbocycles. The van der Waals surface area contributed by atoms with Crippen LogP contribution in [-0.4, -0.2) is 46.4 Å². The van der Waals surface area contributed by atoms with E-state index in [9.17, 15) is 4.79 Å². The van der Waals surface area contributed by atoms with Crippen LogP contribution in [0.5, 0.6) is 0 Å². The Morgan fingerprint density at radius 3 is 3.11 bits per heavy atom. The normalized spacial score (nSPS) is 23.2. The second-order valence-electron chi connectivity index (χ2n) is 3.59. The van der Waals surface area contributed by atoms with Gasteiger partial charge in [-0.05, 0) is 0 Å². The summed E-state index contributed by atoms with van der Waals surface area (Å²) in [5, 5.41) is 31.4. The Bertz CT molecular complexity index is 455. The first-order chi connectivity index (χ1) is 8.65. The minimum absolute atomic E-state index is 0.0835. The molecule has 9 heteroatoms. The molecule has 1 unspecified atom stereocenters. The molecule has 0 spiro atoms. The molecule has 2 aliphatic heterocycles. The van der Waals surface area contributed by atoms with Crippen LogP contribution in [-0.2, 0) is 4.79 Å². The number of guanidine groups is 1. The van der Waals surface area contributed by atoms with Crippen molar-refractivity contribution in [1.82, 2.24) is 15.7 Å². The van der Waals surface area contributed by atoms with E-state index in [1.807, 2.05) is 0 Å². The Labute approximate surface area is 102 Å². The van der Waals surface area contributed by atoms with Gasteiger partial charge >= 0.3 is 5.91 Å². The van der Waals surface area contributed by atoms with Crippen molar-refractivity contribution in [3.8, 4) is 0 Å². The van der Waals surface area contributed by atoms with Crippen LogP contribution in [0.2, 0.25) is 0 Å². The fourth-order valence-electron chi connectivity index (χ4n) is 1.27. The van der Waals surface area contributed by atoms with Crippen molar-refractivity contribution in [3.63, 3.8) is 0 Å². The lowest BCUT2D eigenvalue weighted by Crippen LogP contribution is -2.37. The number of hydroxylamine groups is 2. The van der Waals surface area contributed by atoms with E-state index < -0.39 is 12.0 Å². The molecule has 4 N–H and O–H groups in total. The maximum Gasteiger partial charge on any atom is 0.313 e. The molecule has 18 heavy (non-hydrogen) atoms. The fourth-order valence-corrected chi connectivity index (χ4v) is 1.27. The molecule has 1 atom stereocenters. The number of carbonyl (C=O) groups is 1. The van der Waals surface area contributed by atoms with Crippen molar-refractivity contribution in [2.45, 2.75) is 6.10 Å². The number of amides is 1. The topological polar surface area (TPSA) is 122 Å². The molecule has 2 heterocycles. The number of nitrogens with one attached hydrogen (secondary N) is 2. The van der Waals surface area contributed by atoms with Gasteiger partial charge in [0.1, 0.15) is 5.70 Å². The number of aliphatic imine (C=N–C) groups is 1. The van der Waals surface area contributed by atoms with Crippen LogP contribution in [0.4, 0.5) is 0 Å². The first-order valence-electron chi connectivity index (χ1n) is 5.20. The predicted octanol–water partition coefficient (Wildman–Crippen LogP) is -1.11. The third-order valence-corrected chi connectivity index (χ3v) is 2.14. The molecular formula is C9H12N6O3. The van der Waals surface area contributed by atoms with Crippen LogP contribution in [0.25, 0.3) is 0 Å². The highest BCUT2D eigenvalue weighted by atomic mass is 16.5. The van der Waals surface area contributed by atoms with Gasteiger partial charge in [0.2, 0.25) is 5.96 Å². The van der Waals surface area contributed by atoms with Crippen LogP contribution in [0, 0.1) is 0 Å². The lowest BCUT2D eigenvalue weighted by atomic mass is 10.3. The van der Waals surface area contributed by atoms with Crippen LogP contribution in [0.1, 0.15) is 0 Å². The number of rotatable bonds is 1. The number of aliphatic hydroxyl groups excluding tert-OH is 1. The van der Waals surface area contributed by atoms with Gasteiger partial charge < -0.3 is 15.7 Å². The third-order valence-electron chi connectivity index (χ3n) is 2.14. The standard InChI is InChI=1S/C9H12N6O3/c16-6-3-11-9(12-4-6)14-13-8(17)7-5-15(18)2-1-10-7/h1-2,5-6,10,16,18H,3-4H2,(H,11,12). The molecule has 0 saturated heterocycles. The zero-order valence-electron chi connectivity index (χ0n) is 9.32. The van der Waals surface area contributed by atoms with Crippen molar-refractivity contribution in [3.05, 3.63) is 24.3 Å². The van der Waals surface area contributed by atoms with Gasteiger partial charge in [0, 0.05) is 18.9 Å². The van der Waals surface area contributed by atoms with E-state index in [1.54, 1.807) is 0 Å². The Balaban J connectivity index is 1.95. The van der Waals surface area contributed by atoms with Crippen molar-refractivity contribution >= 4 is 11.9 Å². The van der Waals surface area contributed by atoms with E-state index in [0.29, 0.717) is 6.54 Å². The molecule has 0 radical (unpaired) electrons. The van der Waals surface area contributed by atoms with Gasteiger partial charge in [-0.1, -0.05) is 0 Å². The quantitative estimate of drug-likeness (QED) is 0.439. The minimum atomic E-state index is -0.644. The first-order valence-corrected chi connectivity index (χ1v) is 5.20. The number of hydrogen-bond acceptors (Lipinski definition) is 8. The molecule has 0 aliphatic carbocycles. The SMILES string of the molecule is O=C(N=NC1=NCC(O)CN1)C1=CN(O)C=CN1. The lowest BCUT2D eigenvalue weighted by Gasteiger charge is -2.15. The van der Waals surface area contributed by atoms with Gasteiger partial charge in [-0.3, -0.25) is 10.0 Å². The van der Waals surface area contributed by atoms with Gasteiger partial charge in [0.25, 0.3) is 0 Å².